The highest BCUT2D eigenvalue weighted by atomic mass is 14.7. The molecule has 0 aromatic carbocycles. The molecule has 2 nitrogen and oxygen atoms in total. The standard InChI is InChI=1S/C15H26N2/c1-7-9-14(16)13(11-17-8-2)12(3)10-15(4,5)6/h7,9,11,16H,8,10H2,1-6H3/b9-7-,13-12-,16-14?,17-11?. The Morgan fingerprint density at radius 1 is 1.29 bits per heavy atom. The van der Waals surface area contributed by atoms with Crippen molar-refractivity contribution < 1.29 is 0 Å². The van der Waals surface area contributed by atoms with Gasteiger partial charge in [-0.25, -0.2) is 0 Å². The topological polar surface area (TPSA) is 36.2 Å². The van der Waals surface area contributed by atoms with Crippen LogP contribution < -0.4 is 0 Å². The molecule has 0 bridgehead atoms. The minimum absolute atomic E-state index is 0.242. The van der Waals surface area contributed by atoms with Crippen molar-refractivity contribution >= 4 is 11.9 Å². The molecule has 0 aliphatic carbocycles. The van der Waals surface area contributed by atoms with Gasteiger partial charge in [-0.1, -0.05) is 32.4 Å². The van der Waals surface area contributed by atoms with E-state index >= 15 is 0 Å². The third-order valence-electron chi connectivity index (χ3n) is 2.28. The van der Waals surface area contributed by atoms with Gasteiger partial charge in [-0.15, -0.1) is 0 Å². The summed E-state index contributed by atoms with van der Waals surface area (Å²) in [5, 5.41) is 8.03. The number of hydrogen-bond donors (Lipinski definition) is 1. The van der Waals surface area contributed by atoms with Gasteiger partial charge in [-0.3, -0.25) is 4.99 Å². The van der Waals surface area contributed by atoms with Crippen LogP contribution in [0.5, 0.6) is 0 Å². The first kappa shape index (κ1) is 15.8. The molecule has 0 aliphatic rings. The van der Waals surface area contributed by atoms with Crippen LogP contribution in [0.25, 0.3) is 0 Å². The lowest BCUT2D eigenvalue weighted by Crippen LogP contribution is -2.10. The van der Waals surface area contributed by atoms with Crippen LogP contribution in [0.15, 0.2) is 28.3 Å². The number of allylic oxidation sites excluding steroid dienone is 4. The van der Waals surface area contributed by atoms with Crippen LogP contribution in [0.3, 0.4) is 0 Å². The molecule has 0 fully saturated rings. The Morgan fingerprint density at radius 2 is 1.88 bits per heavy atom. The van der Waals surface area contributed by atoms with Crippen LogP contribution in [0.2, 0.25) is 0 Å². The monoisotopic (exact) mass is 234 g/mol. The Labute approximate surface area is 106 Å². The molecule has 1 N–H and O–H groups in total. The fourth-order valence-electron chi connectivity index (χ4n) is 1.74. The Kier molecular flexibility index (Phi) is 6.71. The highest BCUT2D eigenvalue weighted by Crippen LogP contribution is 2.25. The molecular formula is C15H26N2. The van der Waals surface area contributed by atoms with E-state index in [2.05, 4.69) is 32.7 Å². The average Bonchev–Trinajstić information content (AvgIpc) is 2.15. The van der Waals surface area contributed by atoms with E-state index in [4.69, 9.17) is 5.41 Å². The van der Waals surface area contributed by atoms with E-state index in [9.17, 15) is 0 Å². The van der Waals surface area contributed by atoms with Crippen molar-refractivity contribution in [2.24, 2.45) is 10.4 Å². The number of nitrogens with zero attached hydrogens (tertiary/aromatic N) is 1. The van der Waals surface area contributed by atoms with Crippen molar-refractivity contribution in [2.45, 2.75) is 48.0 Å². The number of rotatable bonds is 5. The largest absolute Gasteiger partial charge is 0.300 e. The maximum absolute atomic E-state index is 8.03. The van der Waals surface area contributed by atoms with Crippen LogP contribution in [-0.4, -0.2) is 18.5 Å². The molecule has 0 rings (SSSR count). The van der Waals surface area contributed by atoms with Gasteiger partial charge in [-0.2, -0.15) is 0 Å². The summed E-state index contributed by atoms with van der Waals surface area (Å²) in [6, 6.07) is 0. The van der Waals surface area contributed by atoms with E-state index in [1.807, 2.05) is 32.2 Å². The van der Waals surface area contributed by atoms with Crippen molar-refractivity contribution in [3.05, 3.63) is 23.3 Å². The Hall–Kier alpha value is -1.18. The van der Waals surface area contributed by atoms with Gasteiger partial charge in [-0.05, 0) is 38.7 Å². The second-order valence-electron chi connectivity index (χ2n) is 5.47. The van der Waals surface area contributed by atoms with E-state index in [0.717, 1.165) is 18.5 Å². The van der Waals surface area contributed by atoms with Crippen molar-refractivity contribution in [1.29, 1.82) is 5.41 Å². The van der Waals surface area contributed by atoms with Gasteiger partial charge in [0.25, 0.3) is 0 Å². The highest BCUT2D eigenvalue weighted by molar-refractivity contribution is 6.20. The van der Waals surface area contributed by atoms with Gasteiger partial charge < -0.3 is 5.41 Å². The minimum atomic E-state index is 0.242. The zero-order valence-corrected chi connectivity index (χ0v) is 12.1. The second kappa shape index (κ2) is 7.21. The zero-order valence-electron chi connectivity index (χ0n) is 12.1. The lowest BCUT2D eigenvalue weighted by Gasteiger charge is -2.20. The van der Waals surface area contributed by atoms with E-state index in [1.165, 1.54) is 5.57 Å². The quantitative estimate of drug-likeness (QED) is 0.683. The van der Waals surface area contributed by atoms with Crippen molar-refractivity contribution in [1.82, 2.24) is 0 Å². The van der Waals surface area contributed by atoms with Gasteiger partial charge in [0.15, 0.2) is 0 Å². The first-order chi connectivity index (χ1) is 7.81. The molecule has 0 aliphatic heterocycles. The molecule has 0 unspecified atom stereocenters. The summed E-state index contributed by atoms with van der Waals surface area (Å²) in [7, 11) is 0. The zero-order chi connectivity index (χ0) is 13.5. The fraction of sp³-hybridized carbons (Fsp3) is 0.600. The molecule has 0 amide bonds. The molecule has 0 saturated carbocycles. The van der Waals surface area contributed by atoms with Crippen molar-refractivity contribution in [2.75, 3.05) is 6.54 Å². The van der Waals surface area contributed by atoms with Crippen LogP contribution in [0.4, 0.5) is 0 Å². The fourth-order valence-corrected chi connectivity index (χ4v) is 1.74. The molecule has 2 heteroatoms. The molecular weight excluding hydrogens is 208 g/mol. The van der Waals surface area contributed by atoms with Gasteiger partial charge in [0.1, 0.15) is 0 Å². The normalized spacial score (nSPS) is 14.5. The number of hydrogen-bond acceptors (Lipinski definition) is 2. The third kappa shape index (κ3) is 6.88. The van der Waals surface area contributed by atoms with Crippen molar-refractivity contribution in [3.8, 4) is 0 Å². The summed E-state index contributed by atoms with van der Waals surface area (Å²) in [6.45, 7) is 13.4. The molecule has 17 heavy (non-hydrogen) atoms. The maximum atomic E-state index is 8.03. The smallest absolute Gasteiger partial charge is 0.0623 e. The van der Waals surface area contributed by atoms with Gasteiger partial charge in [0.2, 0.25) is 0 Å². The third-order valence-corrected chi connectivity index (χ3v) is 2.28. The summed E-state index contributed by atoms with van der Waals surface area (Å²) < 4.78 is 0. The van der Waals surface area contributed by atoms with Crippen LogP contribution in [-0.2, 0) is 0 Å². The predicted octanol–water partition coefficient (Wildman–Crippen LogP) is 4.43. The molecule has 0 aromatic rings. The predicted molar refractivity (Wildman–Crippen MR) is 78.3 cm³/mol. The van der Waals surface area contributed by atoms with Gasteiger partial charge in [0.05, 0.1) is 5.71 Å². The molecule has 0 aromatic heterocycles. The molecule has 0 spiro atoms. The Bertz CT molecular complexity index is 338. The maximum Gasteiger partial charge on any atom is 0.0623 e. The van der Waals surface area contributed by atoms with Crippen molar-refractivity contribution in [3.63, 3.8) is 0 Å². The SMILES string of the molecule is C/C=C\C(=N)/C(C=NCC)=C(/C)CC(C)(C)C. The number of nitrogens with one attached hydrogen (secondary N) is 1. The molecule has 0 saturated heterocycles. The summed E-state index contributed by atoms with van der Waals surface area (Å²) in [5.74, 6) is 0. The molecule has 0 atom stereocenters. The minimum Gasteiger partial charge on any atom is -0.300 e. The van der Waals surface area contributed by atoms with Gasteiger partial charge in [0, 0.05) is 18.3 Å². The highest BCUT2D eigenvalue weighted by Gasteiger charge is 2.14. The summed E-state index contributed by atoms with van der Waals surface area (Å²) in [6.07, 6.45) is 6.54. The summed E-state index contributed by atoms with van der Waals surface area (Å²) in [4.78, 5) is 4.27. The van der Waals surface area contributed by atoms with E-state index in [1.54, 1.807) is 0 Å². The second-order valence-corrected chi connectivity index (χ2v) is 5.47. The lowest BCUT2D eigenvalue weighted by molar-refractivity contribution is 0.409. The molecule has 0 radical (unpaired) electrons. The van der Waals surface area contributed by atoms with Crippen LogP contribution in [0, 0.1) is 10.8 Å². The Balaban J connectivity index is 5.20. The number of aliphatic imine (C=N–C) groups is 1. The average molecular weight is 234 g/mol. The Morgan fingerprint density at radius 3 is 2.29 bits per heavy atom. The summed E-state index contributed by atoms with van der Waals surface area (Å²) in [5.41, 5.74) is 2.98. The first-order valence-electron chi connectivity index (χ1n) is 6.23. The first-order valence-corrected chi connectivity index (χ1v) is 6.23. The van der Waals surface area contributed by atoms with Crippen LogP contribution >= 0.6 is 0 Å². The van der Waals surface area contributed by atoms with Crippen LogP contribution in [0.1, 0.15) is 48.0 Å². The molecule has 0 heterocycles. The van der Waals surface area contributed by atoms with E-state index < -0.39 is 0 Å². The lowest BCUT2D eigenvalue weighted by atomic mass is 9.86. The summed E-state index contributed by atoms with van der Waals surface area (Å²) >= 11 is 0. The van der Waals surface area contributed by atoms with E-state index in [-0.39, 0.29) is 5.41 Å². The van der Waals surface area contributed by atoms with E-state index in [0.29, 0.717) is 5.71 Å². The van der Waals surface area contributed by atoms with Gasteiger partial charge >= 0.3 is 0 Å². The molecule has 96 valence electrons.